The van der Waals surface area contributed by atoms with Gasteiger partial charge in [-0.25, -0.2) is 0 Å². The molecule has 0 amide bonds. The molecule has 0 N–H and O–H groups in total. The van der Waals surface area contributed by atoms with Crippen molar-refractivity contribution in [3.05, 3.63) is 358 Å². The highest BCUT2D eigenvalue weighted by Crippen LogP contribution is 2.42. The van der Waals surface area contributed by atoms with Gasteiger partial charge in [-0.05, 0) is 178 Å². The van der Waals surface area contributed by atoms with Crippen LogP contribution in [0.5, 0.6) is 0 Å². The molecule has 0 atom stereocenters. The van der Waals surface area contributed by atoms with Crippen LogP contribution in [0.3, 0.4) is 0 Å². The highest BCUT2D eigenvalue weighted by Gasteiger charge is 2.49. The lowest BCUT2D eigenvalue weighted by Crippen LogP contribution is -2.72. The minimum absolute atomic E-state index is 1.15. The van der Waals surface area contributed by atoms with Crippen LogP contribution in [0.15, 0.2) is 358 Å². The Morgan fingerprint density at radius 1 is 0.185 bits per heavy atom. The molecule has 0 radical (unpaired) electrons. The van der Waals surface area contributed by atoms with E-state index in [1.807, 2.05) is 0 Å². The van der Waals surface area contributed by atoms with Gasteiger partial charge in [0.15, 0.2) is 8.07 Å². The largest absolute Gasteiger partial charge is 0.309 e. The van der Waals surface area contributed by atoms with Crippen molar-refractivity contribution in [3.8, 4) is 94.7 Å². The van der Waals surface area contributed by atoms with Crippen LogP contribution in [-0.4, -0.2) is 12.6 Å². The molecular formula is C90H59NSi. The van der Waals surface area contributed by atoms with Gasteiger partial charge in [-0.1, -0.05) is 322 Å². The van der Waals surface area contributed by atoms with Crippen molar-refractivity contribution in [2.45, 2.75) is 0 Å². The first-order chi connectivity index (χ1) is 45.6. The van der Waals surface area contributed by atoms with Crippen molar-refractivity contribution in [2.75, 3.05) is 0 Å². The molecule has 1 aliphatic rings. The van der Waals surface area contributed by atoms with E-state index in [0.717, 1.165) is 5.69 Å². The average molecular weight is 1180 g/mol. The van der Waals surface area contributed by atoms with Gasteiger partial charge in [0.25, 0.3) is 0 Å². The highest BCUT2D eigenvalue weighted by atomic mass is 28.3. The minimum atomic E-state index is -2.97. The van der Waals surface area contributed by atoms with E-state index in [4.69, 9.17) is 0 Å². The van der Waals surface area contributed by atoms with Gasteiger partial charge < -0.3 is 4.57 Å². The molecule has 0 bridgehead atoms. The lowest BCUT2D eigenvalue weighted by Gasteiger charge is -2.32. The maximum atomic E-state index is 2.57. The van der Waals surface area contributed by atoms with Crippen LogP contribution in [-0.2, 0) is 0 Å². The van der Waals surface area contributed by atoms with Gasteiger partial charge in [0, 0.05) is 16.5 Å². The third-order valence-corrected chi connectivity index (χ3v) is 24.6. The van der Waals surface area contributed by atoms with Gasteiger partial charge in [-0.15, -0.1) is 0 Å². The molecule has 0 saturated heterocycles. The monoisotopic (exact) mass is 1180 g/mol. The van der Waals surface area contributed by atoms with Crippen LogP contribution in [0, 0.1) is 0 Å². The Bertz CT molecular complexity index is 5430. The first kappa shape index (κ1) is 53.4. The molecule has 1 aliphatic heterocycles. The van der Waals surface area contributed by atoms with Crippen molar-refractivity contribution >= 4 is 82.9 Å². The van der Waals surface area contributed by atoms with Crippen molar-refractivity contribution < 1.29 is 0 Å². The molecule has 0 aliphatic carbocycles. The van der Waals surface area contributed by atoms with Gasteiger partial charge in [-0.3, -0.25) is 0 Å². The topological polar surface area (TPSA) is 4.93 Å². The van der Waals surface area contributed by atoms with Crippen molar-refractivity contribution in [1.82, 2.24) is 4.57 Å². The molecule has 0 fully saturated rings. The standard InChI is InChI=1S/C90H59NSi/c1-3-22-75(23-4-1)92(76-24-5-2-6-25-76)89-58-73(82-31-15-21-68-18-9-12-28-79(68)82)48-52-83(89)84-53-51-74(59-90(84)92)91-87-54-49-71(64-36-32-60(33-37-64)62-40-44-69(45-41-62)80-29-13-19-66-16-7-10-26-77(66)80)56-85(87)86-57-72(50-55-88(86)91)65-38-34-61(35-39-65)63-42-46-70(47-43-63)81-30-14-20-67-17-8-11-27-78(67)81/h1-59H. The van der Waals surface area contributed by atoms with Gasteiger partial charge >= 0.3 is 0 Å². The number of rotatable bonds is 10. The number of hydrogen-bond acceptors (Lipinski definition) is 0. The summed E-state index contributed by atoms with van der Waals surface area (Å²) in [4.78, 5) is 0. The summed E-state index contributed by atoms with van der Waals surface area (Å²) in [6.07, 6.45) is 0. The second-order valence-electron chi connectivity index (χ2n) is 24.7. The lowest BCUT2D eigenvalue weighted by molar-refractivity contribution is 1.18. The van der Waals surface area contributed by atoms with Gasteiger partial charge in [0.1, 0.15) is 0 Å². The second kappa shape index (κ2) is 21.8. The Kier molecular flexibility index (Phi) is 12.7. The van der Waals surface area contributed by atoms with Crippen LogP contribution < -0.4 is 20.7 Å². The molecule has 16 aromatic carbocycles. The zero-order chi connectivity index (χ0) is 60.7. The molecule has 428 valence electrons. The molecule has 2 heteroatoms. The summed E-state index contributed by atoms with van der Waals surface area (Å²) in [6.45, 7) is 0. The van der Waals surface area contributed by atoms with E-state index >= 15 is 0 Å². The normalized spacial score (nSPS) is 12.4. The van der Waals surface area contributed by atoms with Gasteiger partial charge in [-0.2, -0.15) is 0 Å². The van der Waals surface area contributed by atoms with E-state index in [1.54, 1.807) is 0 Å². The van der Waals surface area contributed by atoms with E-state index < -0.39 is 8.07 Å². The molecule has 92 heavy (non-hydrogen) atoms. The molecule has 2 heterocycles. The molecule has 1 nitrogen and oxygen atoms in total. The van der Waals surface area contributed by atoms with Crippen LogP contribution in [0.1, 0.15) is 0 Å². The number of benzene rings is 16. The Morgan fingerprint density at radius 3 is 0.924 bits per heavy atom. The van der Waals surface area contributed by atoms with Crippen molar-refractivity contribution in [3.63, 3.8) is 0 Å². The first-order valence-electron chi connectivity index (χ1n) is 31.9. The fourth-order valence-corrected chi connectivity index (χ4v) is 20.5. The summed E-state index contributed by atoms with van der Waals surface area (Å²) >= 11 is 0. The SMILES string of the molecule is c1ccc([Si]2(c3ccccc3)c3cc(-c4cccc5ccccc45)ccc3-c3ccc(-n4c5ccc(-c6ccc(-c7ccc(-c8cccc9ccccc89)cc7)cc6)cc5c5cc(-c6ccc(-c7ccc(-c8cccc9ccccc89)cc7)cc6)ccc54)cc32)cc1. The summed E-state index contributed by atoms with van der Waals surface area (Å²) in [7, 11) is -2.97. The number of aromatic nitrogens is 1. The van der Waals surface area contributed by atoms with Crippen LogP contribution in [0.25, 0.3) is 149 Å². The zero-order valence-corrected chi connectivity index (χ0v) is 51.5. The van der Waals surface area contributed by atoms with E-state index in [1.165, 1.54) is 164 Å². The van der Waals surface area contributed by atoms with Crippen LogP contribution in [0.2, 0.25) is 0 Å². The summed E-state index contributed by atoms with van der Waals surface area (Å²) in [6, 6.07) is 134. The number of fused-ring (bicyclic) bond motifs is 9. The predicted octanol–water partition coefficient (Wildman–Crippen LogP) is 21.3. The summed E-state index contributed by atoms with van der Waals surface area (Å²) in [5, 5.41) is 15.6. The molecular weight excluding hydrogens is 1120 g/mol. The van der Waals surface area contributed by atoms with E-state index in [9.17, 15) is 0 Å². The van der Waals surface area contributed by atoms with E-state index in [0.29, 0.717) is 0 Å². The lowest BCUT2D eigenvalue weighted by atomic mass is 9.95. The molecule has 1 aromatic heterocycles. The molecule has 0 spiro atoms. The summed E-state index contributed by atoms with van der Waals surface area (Å²) in [5.41, 5.74) is 23.1. The molecule has 18 rings (SSSR count). The van der Waals surface area contributed by atoms with Crippen molar-refractivity contribution in [2.24, 2.45) is 0 Å². The maximum Gasteiger partial charge on any atom is 0.180 e. The second-order valence-corrected chi connectivity index (χ2v) is 28.4. The predicted molar refractivity (Wildman–Crippen MR) is 394 cm³/mol. The molecule has 17 aromatic rings. The minimum Gasteiger partial charge on any atom is -0.309 e. The van der Waals surface area contributed by atoms with Gasteiger partial charge in [0.2, 0.25) is 0 Å². The number of hydrogen-bond donors (Lipinski definition) is 0. The summed E-state index contributed by atoms with van der Waals surface area (Å²) in [5.74, 6) is 0. The smallest absolute Gasteiger partial charge is 0.180 e. The Labute approximate surface area is 536 Å². The Balaban J connectivity index is 0.764. The van der Waals surface area contributed by atoms with Gasteiger partial charge in [0.05, 0.1) is 11.0 Å². The maximum absolute atomic E-state index is 2.97. The third-order valence-electron chi connectivity index (χ3n) is 19.7. The van der Waals surface area contributed by atoms with Crippen LogP contribution >= 0.6 is 0 Å². The number of nitrogens with zero attached hydrogens (tertiary/aromatic N) is 1. The fourth-order valence-electron chi connectivity index (χ4n) is 15.3. The van der Waals surface area contributed by atoms with E-state index in [2.05, 4.69) is 362 Å². The molecule has 0 unspecified atom stereocenters. The molecule has 0 saturated carbocycles. The zero-order valence-electron chi connectivity index (χ0n) is 50.5. The third kappa shape index (κ3) is 8.75. The highest BCUT2D eigenvalue weighted by molar-refractivity contribution is 7.22. The quantitative estimate of drug-likeness (QED) is 0.120. The first-order valence-corrected chi connectivity index (χ1v) is 33.9. The van der Waals surface area contributed by atoms with E-state index in [-0.39, 0.29) is 0 Å². The van der Waals surface area contributed by atoms with Crippen LogP contribution in [0.4, 0.5) is 0 Å². The Morgan fingerprint density at radius 2 is 0.500 bits per heavy atom. The van der Waals surface area contributed by atoms with Crippen molar-refractivity contribution in [1.29, 1.82) is 0 Å². The Hall–Kier alpha value is -11.7. The fraction of sp³-hybridized carbons (Fsp3) is 0. The average Bonchev–Trinajstić information content (AvgIpc) is 1.52. The summed E-state index contributed by atoms with van der Waals surface area (Å²) < 4.78 is 2.54.